The molecular weight excluding hydrogens is 328 g/mol. The van der Waals surface area contributed by atoms with Crippen molar-refractivity contribution in [3.8, 4) is 0 Å². The molecule has 1 aliphatic heterocycles. The van der Waals surface area contributed by atoms with E-state index in [4.69, 9.17) is 4.74 Å². The van der Waals surface area contributed by atoms with Gasteiger partial charge < -0.3 is 4.74 Å². The highest BCUT2D eigenvalue weighted by Gasteiger charge is 2.29. The first kappa shape index (κ1) is 18.9. The monoisotopic (exact) mass is 354 g/mol. The van der Waals surface area contributed by atoms with Crippen molar-refractivity contribution in [2.75, 3.05) is 39.3 Å². The number of rotatable bonds is 6. The molecule has 24 heavy (non-hydrogen) atoms. The molecule has 0 N–H and O–H groups in total. The number of carbonyl (C=O) groups excluding carboxylic acids is 1. The standard InChI is InChI=1S/C17H26N2O4S/c1-4-23-17(20)13-18-9-11-19(12-10-18)24(21,22)16-7-5-15(6-8-16)14(2)3/h5-8,14H,4,9-13H2,1-3H3. The first-order valence-electron chi connectivity index (χ1n) is 8.32. The summed E-state index contributed by atoms with van der Waals surface area (Å²) in [6.45, 7) is 8.32. The Morgan fingerprint density at radius 2 is 1.71 bits per heavy atom. The van der Waals surface area contributed by atoms with Crippen molar-refractivity contribution in [2.45, 2.75) is 31.6 Å². The van der Waals surface area contributed by atoms with Gasteiger partial charge in [0.25, 0.3) is 0 Å². The lowest BCUT2D eigenvalue weighted by Gasteiger charge is -2.33. The molecule has 0 spiro atoms. The van der Waals surface area contributed by atoms with Crippen molar-refractivity contribution < 1.29 is 17.9 Å². The molecule has 0 aliphatic carbocycles. The maximum atomic E-state index is 12.7. The predicted octanol–water partition coefficient (Wildman–Crippen LogP) is 1.68. The van der Waals surface area contributed by atoms with Crippen molar-refractivity contribution in [1.82, 2.24) is 9.21 Å². The Hall–Kier alpha value is -1.44. The molecule has 2 rings (SSSR count). The summed E-state index contributed by atoms with van der Waals surface area (Å²) < 4.78 is 31.8. The normalized spacial score (nSPS) is 17.2. The predicted molar refractivity (Wildman–Crippen MR) is 92.4 cm³/mol. The zero-order valence-corrected chi connectivity index (χ0v) is 15.4. The zero-order chi connectivity index (χ0) is 17.7. The van der Waals surface area contributed by atoms with Gasteiger partial charge in [-0.15, -0.1) is 0 Å². The van der Waals surface area contributed by atoms with E-state index in [1.165, 1.54) is 4.31 Å². The minimum absolute atomic E-state index is 0.213. The number of benzene rings is 1. The molecular formula is C17H26N2O4S. The molecule has 1 saturated heterocycles. The lowest BCUT2D eigenvalue weighted by atomic mass is 10.0. The van der Waals surface area contributed by atoms with E-state index in [2.05, 4.69) is 13.8 Å². The summed E-state index contributed by atoms with van der Waals surface area (Å²) in [4.78, 5) is 13.7. The summed E-state index contributed by atoms with van der Waals surface area (Å²) >= 11 is 0. The third-order valence-electron chi connectivity index (χ3n) is 4.17. The second kappa shape index (κ2) is 8.09. The minimum atomic E-state index is -3.48. The number of sulfonamides is 1. The molecule has 0 radical (unpaired) electrons. The van der Waals surface area contributed by atoms with E-state index in [0.29, 0.717) is 43.6 Å². The summed E-state index contributed by atoms with van der Waals surface area (Å²) in [6, 6.07) is 7.09. The highest BCUT2D eigenvalue weighted by molar-refractivity contribution is 7.89. The van der Waals surface area contributed by atoms with Gasteiger partial charge in [0, 0.05) is 26.2 Å². The molecule has 7 heteroatoms. The van der Waals surface area contributed by atoms with Crippen LogP contribution in [0.3, 0.4) is 0 Å². The molecule has 0 saturated carbocycles. The molecule has 0 atom stereocenters. The van der Waals surface area contributed by atoms with E-state index >= 15 is 0 Å². The number of piperazine rings is 1. The van der Waals surface area contributed by atoms with Crippen LogP contribution in [0.25, 0.3) is 0 Å². The van der Waals surface area contributed by atoms with Crippen LogP contribution in [0, 0.1) is 0 Å². The van der Waals surface area contributed by atoms with Crippen molar-refractivity contribution in [2.24, 2.45) is 0 Å². The molecule has 0 aromatic heterocycles. The van der Waals surface area contributed by atoms with E-state index in [9.17, 15) is 13.2 Å². The van der Waals surface area contributed by atoms with E-state index in [1.54, 1.807) is 19.1 Å². The summed E-state index contributed by atoms with van der Waals surface area (Å²) in [5.74, 6) is 0.103. The van der Waals surface area contributed by atoms with E-state index in [-0.39, 0.29) is 12.5 Å². The van der Waals surface area contributed by atoms with Gasteiger partial charge in [0.15, 0.2) is 0 Å². The molecule has 1 fully saturated rings. The lowest BCUT2D eigenvalue weighted by Crippen LogP contribution is -2.49. The number of ether oxygens (including phenoxy) is 1. The Morgan fingerprint density at radius 3 is 2.21 bits per heavy atom. The average Bonchev–Trinajstić information content (AvgIpc) is 2.55. The van der Waals surface area contributed by atoms with Gasteiger partial charge in [0.2, 0.25) is 10.0 Å². The topological polar surface area (TPSA) is 66.9 Å². The summed E-state index contributed by atoms with van der Waals surface area (Å²) in [5.41, 5.74) is 1.12. The SMILES string of the molecule is CCOC(=O)CN1CCN(S(=O)(=O)c2ccc(C(C)C)cc2)CC1. The molecule has 0 bridgehead atoms. The first-order valence-corrected chi connectivity index (χ1v) is 9.76. The highest BCUT2D eigenvalue weighted by Crippen LogP contribution is 2.21. The van der Waals surface area contributed by atoms with Crippen molar-refractivity contribution in [3.63, 3.8) is 0 Å². The number of hydrogen-bond donors (Lipinski definition) is 0. The van der Waals surface area contributed by atoms with Gasteiger partial charge in [-0.2, -0.15) is 4.31 Å². The number of nitrogens with zero attached hydrogens (tertiary/aromatic N) is 2. The quantitative estimate of drug-likeness (QED) is 0.727. The lowest BCUT2D eigenvalue weighted by molar-refractivity contribution is -0.144. The Balaban J connectivity index is 1.98. The fourth-order valence-corrected chi connectivity index (χ4v) is 4.11. The largest absolute Gasteiger partial charge is 0.465 e. The Bertz CT molecular complexity index is 648. The minimum Gasteiger partial charge on any atom is -0.465 e. The fraction of sp³-hybridized carbons (Fsp3) is 0.588. The Morgan fingerprint density at radius 1 is 1.12 bits per heavy atom. The molecule has 0 unspecified atom stereocenters. The van der Waals surface area contributed by atoms with E-state index < -0.39 is 10.0 Å². The van der Waals surface area contributed by atoms with Crippen molar-refractivity contribution in [1.29, 1.82) is 0 Å². The van der Waals surface area contributed by atoms with Crippen LogP contribution in [-0.2, 0) is 19.6 Å². The fourth-order valence-electron chi connectivity index (χ4n) is 2.69. The van der Waals surface area contributed by atoms with Gasteiger partial charge in [0.1, 0.15) is 0 Å². The molecule has 0 amide bonds. The molecule has 1 aromatic carbocycles. The van der Waals surface area contributed by atoms with Crippen LogP contribution in [-0.4, -0.2) is 62.9 Å². The first-order chi connectivity index (χ1) is 11.3. The summed E-state index contributed by atoms with van der Waals surface area (Å²) in [7, 11) is -3.48. The smallest absolute Gasteiger partial charge is 0.320 e. The Labute approximate surface area is 144 Å². The number of hydrogen-bond acceptors (Lipinski definition) is 5. The van der Waals surface area contributed by atoms with Gasteiger partial charge in [-0.05, 0) is 30.5 Å². The van der Waals surface area contributed by atoms with Gasteiger partial charge in [-0.25, -0.2) is 8.42 Å². The van der Waals surface area contributed by atoms with Gasteiger partial charge in [-0.1, -0.05) is 26.0 Å². The molecule has 134 valence electrons. The van der Waals surface area contributed by atoms with Crippen molar-refractivity contribution in [3.05, 3.63) is 29.8 Å². The number of esters is 1. The van der Waals surface area contributed by atoms with Crippen LogP contribution < -0.4 is 0 Å². The Kier molecular flexibility index (Phi) is 6.37. The molecule has 1 heterocycles. The third-order valence-corrected chi connectivity index (χ3v) is 6.09. The average molecular weight is 354 g/mol. The number of carbonyl (C=O) groups is 1. The van der Waals surface area contributed by atoms with Gasteiger partial charge >= 0.3 is 5.97 Å². The summed E-state index contributed by atoms with van der Waals surface area (Å²) in [6.07, 6.45) is 0. The van der Waals surface area contributed by atoms with Crippen LogP contribution >= 0.6 is 0 Å². The maximum absolute atomic E-state index is 12.7. The van der Waals surface area contributed by atoms with Crippen molar-refractivity contribution >= 4 is 16.0 Å². The van der Waals surface area contributed by atoms with Gasteiger partial charge in [-0.3, -0.25) is 9.69 Å². The van der Waals surface area contributed by atoms with Crippen LogP contribution in [0.2, 0.25) is 0 Å². The van der Waals surface area contributed by atoms with Crippen LogP contribution in [0.1, 0.15) is 32.3 Å². The molecule has 1 aromatic rings. The molecule has 6 nitrogen and oxygen atoms in total. The van der Waals surface area contributed by atoms with E-state index in [1.807, 2.05) is 17.0 Å². The third kappa shape index (κ3) is 4.55. The second-order valence-corrected chi connectivity index (χ2v) is 8.15. The molecule has 1 aliphatic rings. The zero-order valence-electron chi connectivity index (χ0n) is 14.6. The van der Waals surface area contributed by atoms with Gasteiger partial charge in [0.05, 0.1) is 18.0 Å². The maximum Gasteiger partial charge on any atom is 0.320 e. The summed E-state index contributed by atoms with van der Waals surface area (Å²) in [5, 5.41) is 0. The second-order valence-electron chi connectivity index (χ2n) is 6.21. The highest BCUT2D eigenvalue weighted by atomic mass is 32.2. The van der Waals surface area contributed by atoms with Crippen LogP contribution in [0.4, 0.5) is 0 Å². The van der Waals surface area contributed by atoms with Crippen LogP contribution in [0.5, 0.6) is 0 Å². The van der Waals surface area contributed by atoms with Crippen LogP contribution in [0.15, 0.2) is 29.2 Å². The van der Waals surface area contributed by atoms with E-state index in [0.717, 1.165) is 5.56 Å².